The van der Waals surface area contributed by atoms with E-state index in [1.165, 1.54) is 0 Å². The molecule has 0 aliphatic carbocycles. The molecule has 0 fully saturated rings. The van der Waals surface area contributed by atoms with E-state index < -0.39 is 0 Å². The summed E-state index contributed by atoms with van der Waals surface area (Å²) >= 11 is 0. The summed E-state index contributed by atoms with van der Waals surface area (Å²) in [5.41, 5.74) is 4.26. The molecule has 0 radical (unpaired) electrons. The Balaban J connectivity index is 1.81. The van der Waals surface area contributed by atoms with Crippen molar-refractivity contribution in [3.63, 3.8) is 0 Å². The van der Waals surface area contributed by atoms with Crippen LogP contribution in [0.1, 0.15) is 21.5 Å². The number of rotatable bonds is 3. The number of amides is 1. The number of para-hydroxylation sites is 1. The number of hydrogen-bond acceptors (Lipinski definition) is 3. The van der Waals surface area contributed by atoms with E-state index in [0.29, 0.717) is 11.4 Å². The van der Waals surface area contributed by atoms with Gasteiger partial charge >= 0.3 is 0 Å². The fourth-order valence-electron chi connectivity index (χ4n) is 2.38. The third kappa shape index (κ3) is 3.26. The molecule has 4 nitrogen and oxygen atoms in total. The quantitative estimate of drug-likeness (QED) is 0.795. The molecule has 1 N–H and O–H groups in total. The van der Waals surface area contributed by atoms with Crippen LogP contribution < -0.4 is 5.32 Å². The molecule has 0 atom stereocenters. The van der Waals surface area contributed by atoms with Gasteiger partial charge in [-0.05, 0) is 25.0 Å². The number of carbonyl (C=O) groups is 1. The van der Waals surface area contributed by atoms with E-state index in [4.69, 9.17) is 0 Å². The monoisotopic (exact) mass is 303 g/mol. The summed E-state index contributed by atoms with van der Waals surface area (Å²) in [6.07, 6.45) is 3.11. The Kier molecular flexibility index (Phi) is 4.15. The summed E-state index contributed by atoms with van der Waals surface area (Å²) in [7, 11) is 0. The minimum atomic E-state index is -0.206. The van der Waals surface area contributed by atoms with Gasteiger partial charge < -0.3 is 5.32 Å². The first-order valence-electron chi connectivity index (χ1n) is 7.40. The third-order valence-electron chi connectivity index (χ3n) is 3.67. The average molecular weight is 303 g/mol. The molecule has 0 spiro atoms. The van der Waals surface area contributed by atoms with Crippen molar-refractivity contribution in [3.8, 4) is 11.4 Å². The highest BCUT2D eigenvalue weighted by Crippen LogP contribution is 2.20. The maximum Gasteiger partial charge on any atom is 0.258 e. The van der Waals surface area contributed by atoms with Crippen molar-refractivity contribution in [1.82, 2.24) is 9.97 Å². The lowest BCUT2D eigenvalue weighted by molar-refractivity contribution is 0.102. The number of aromatic nitrogens is 2. The number of hydrogen-bond donors (Lipinski definition) is 1. The number of nitrogens with one attached hydrogen (secondary N) is 1. The maximum atomic E-state index is 12.4. The number of benzene rings is 2. The zero-order chi connectivity index (χ0) is 16.2. The van der Waals surface area contributed by atoms with Gasteiger partial charge in [0.25, 0.3) is 5.91 Å². The van der Waals surface area contributed by atoms with Crippen LogP contribution in [0.25, 0.3) is 11.4 Å². The van der Waals surface area contributed by atoms with Gasteiger partial charge in [-0.2, -0.15) is 0 Å². The van der Waals surface area contributed by atoms with E-state index >= 15 is 0 Å². The standard InChI is InChI=1S/C19H17N3O/c1-13-7-6-8-14(2)17(13)22-19(23)16-11-20-18(21-12-16)15-9-4-3-5-10-15/h3-12H,1-2H3,(H,22,23). The summed E-state index contributed by atoms with van der Waals surface area (Å²) in [6, 6.07) is 15.6. The fraction of sp³-hybridized carbons (Fsp3) is 0.105. The van der Waals surface area contributed by atoms with E-state index in [1.807, 2.05) is 62.4 Å². The van der Waals surface area contributed by atoms with Gasteiger partial charge in [0.05, 0.1) is 5.56 Å². The predicted octanol–water partition coefficient (Wildman–Crippen LogP) is 4.01. The lowest BCUT2D eigenvalue weighted by Crippen LogP contribution is -2.14. The highest BCUT2D eigenvalue weighted by atomic mass is 16.1. The second kappa shape index (κ2) is 6.40. The van der Waals surface area contributed by atoms with Crippen LogP contribution in [0.3, 0.4) is 0 Å². The largest absolute Gasteiger partial charge is 0.321 e. The molecule has 0 aliphatic rings. The van der Waals surface area contributed by atoms with Gasteiger partial charge in [-0.3, -0.25) is 4.79 Å². The molecule has 0 saturated heterocycles. The van der Waals surface area contributed by atoms with E-state index in [2.05, 4.69) is 15.3 Å². The minimum absolute atomic E-state index is 0.206. The Morgan fingerprint density at radius 3 is 2.09 bits per heavy atom. The van der Waals surface area contributed by atoms with Crippen molar-refractivity contribution in [2.75, 3.05) is 5.32 Å². The number of carbonyl (C=O) groups excluding carboxylic acids is 1. The first-order chi connectivity index (χ1) is 11.1. The minimum Gasteiger partial charge on any atom is -0.321 e. The lowest BCUT2D eigenvalue weighted by atomic mass is 10.1. The first kappa shape index (κ1) is 14.9. The molecule has 114 valence electrons. The summed E-state index contributed by atoms with van der Waals surface area (Å²) < 4.78 is 0. The molecule has 2 aromatic carbocycles. The topological polar surface area (TPSA) is 54.9 Å². The van der Waals surface area contributed by atoms with Crippen molar-refractivity contribution in [2.24, 2.45) is 0 Å². The van der Waals surface area contributed by atoms with Gasteiger partial charge in [0.1, 0.15) is 0 Å². The maximum absolute atomic E-state index is 12.4. The molecule has 4 heteroatoms. The third-order valence-corrected chi connectivity index (χ3v) is 3.67. The molecule has 0 aliphatic heterocycles. The van der Waals surface area contributed by atoms with Gasteiger partial charge in [-0.25, -0.2) is 9.97 Å². The number of aryl methyl sites for hydroxylation is 2. The summed E-state index contributed by atoms with van der Waals surface area (Å²) in [6.45, 7) is 3.94. The molecule has 23 heavy (non-hydrogen) atoms. The highest BCUT2D eigenvalue weighted by molar-refractivity contribution is 6.04. The predicted molar refractivity (Wildman–Crippen MR) is 91.3 cm³/mol. The van der Waals surface area contributed by atoms with Crippen LogP contribution in [0.4, 0.5) is 5.69 Å². The molecule has 0 bridgehead atoms. The van der Waals surface area contributed by atoms with Gasteiger partial charge in [-0.15, -0.1) is 0 Å². The van der Waals surface area contributed by atoms with Gasteiger partial charge in [0.2, 0.25) is 0 Å². The van der Waals surface area contributed by atoms with Crippen molar-refractivity contribution in [3.05, 3.63) is 77.6 Å². The van der Waals surface area contributed by atoms with E-state index in [9.17, 15) is 4.79 Å². The summed E-state index contributed by atoms with van der Waals surface area (Å²) in [4.78, 5) is 20.9. The van der Waals surface area contributed by atoms with Gasteiger partial charge in [0, 0.05) is 23.6 Å². The smallest absolute Gasteiger partial charge is 0.258 e. The zero-order valence-corrected chi connectivity index (χ0v) is 13.1. The Labute approximate surface area is 135 Å². The first-order valence-corrected chi connectivity index (χ1v) is 7.40. The van der Waals surface area contributed by atoms with Crippen molar-refractivity contribution in [1.29, 1.82) is 0 Å². The SMILES string of the molecule is Cc1cccc(C)c1NC(=O)c1cnc(-c2ccccc2)nc1. The molecule has 1 heterocycles. The molecule has 0 unspecified atom stereocenters. The molecular formula is C19H17N3O. The molecule has 1 aromatic heterocycles. The average Bonchev–Trinajstić information content (AvgIpc) is 2.59. The van der Waals surface area contributed by atoms with E-state index in [0.717, 1.165) is 22.4 Å². The van der Waals surface area contributed by atoms with Crippen LogP contribution >= 0.6 is 0 Å². The second-order valence-corrected chi connectivity index (χ2v) is 5.38. The van der Waals surface area contributed by atoms with E-state index in [1.54, 1.807) is 12.4 Å². The normalized spacial score (nSPS) is 10.3. The Bertz CT molecular complexity index is 807. The van der Waals surface area contributed by atoms with Crippen LogP contribution in [0.2, 0.25) is 0 Å². The van der Waals surface area contributed by atoms with Crippen molar-refractivity contribution >= 4 is 11.6 Å². The number of nitrogens with zero attached hydrogens (tertiary/aromatic N) is 2. The number of anilines is 1. The Morgan fingerprint density at radius 2 is 1.48 bits per heavy atom. The van der Waals surface area contributed by atoms with Gasteiger partial charge in [-0.1, -0.05) is 48.5 Å². The molecule has 3 aromatic rings. The molecule has 0 saturated carbocycles. The van der Waals surface area contributed by atoms with Crippen molar-refractivity contribution in [2.45, 2.75) is 13.8 Å². The van der Waals surface area contributed by atoms with Crippen LogP contribution in [-0.4, -0.2) is 15.9 Å². The van der Waals surface area contributed by atoms with Crippen molar-refractivity contribution < 1.29 is 4.79 Å². The zero-order valence-electron chi connectivity index (χ0n) is 13.1. The molecular weight excluding hydrogens is 286 g/mol. The second-order valence-electron chi connectivity index (χ2n) is 5.38. The van der Waals surface area contributed by atoms with Crippen LogP contribution in [0.5, 0.6) is 0 Å². The van der Waals surface area contributed by atoms with Crippen LogP contribution in [0.15, 0.2) is 60.9 Å². The van der Waals surface area contributed by atoms with Crippen LogP contribution in [0, 0.1) is 13.8 Å². The Hall–Kier alpha value is -3.01. The fourth-order valence-corrected chi connectivity index (χ4v) is 2.38. The lowest BCUT2D eigenvalue weighted by Gasteiger charge is -2.11. The van der Waals surface area contributed by atoms with Crippen LogP contribution in [-0.2, 0) is 0 Å². The van der Waals surface area contributed by atoms with Gasteiger partial charge in [0.15, 0.2) is 5.82 Å². The molecule has 1 amide bonds. The summed E-state index contributed by atoms with van der Waals surface area (Å²) in [5.74, 6) is 0.399. The van der Waals surface area contributed by atoms with E-state index in [-0.39, 0.29) is 5.91 Å². The Morgan fingerprint density at radius 1 is 0.870 bits per heavy atom. The highest BCUT2D eigenvalue weighted by Gasteiger charge is 2.11. The molecule has 3 rings (SSSR count). The summed E-state index contributed by atoms with van der Waals surface area (Å²) in [5, 5.41) is 2.94.